The molecule has 1 rings (SSSR count). The standard InChI is InChI=1S/C8H4Br2ClN/c9-7-1-5(3-11)2-8(10)6(7)4-12/h1-2H,3H2. The molecule has 0 aliphatic rings. The number of hydrogen-bond donors (Lipinski definition) is 0. The fourth-order valence-corrected chi connectivity index (χ4v) is 2.42. The molecule has 4 heteroatoms. The second kappa shape index (κ2) is 4.27. The van der Waals surface area contributed by atoms with Crippen molar-refractivity contribution in [3.05, 3.63) is 32.2 Å². The number of nitriles is 1. The maximum absolute atomic E-state index is 8.72. The van der Waals surface area contributed by atoms with Gasteiger partial charge in [-0.1, -0.05) is 0 Å². The van der Waals surface area contributed by atoms with Crippen LogP contribution in [0.2, 0.25) is 0 Å². The number of nitrogens with zero attached hydrogens (tertiary/aromatic N) is 1. The average molecular weight is 309 g/mol. The van der Waals surface area contributed by atoms with E-state index in [0.29, 0.717) is 11.4 Å². The second-order valence-electron chi connectivity index (χ2n) is 2.18. The van der Waals surface area contributed by atoms with E-state index < -0.39 is 0 Å². The number of rotatable bonds is 1. The van der Waals surface area contributed by atoms with Gasteiger partial charge in [0.05, 0.1) is 5.56 Å². The van der Waals surface area contributed by atoms with Crippen LogP contribution in [0.5, 0.6) is 0 Å². The molecule has 0 spiro atoms. The van der Waals surface area contributed by atoms with Crippen LogP contribution in [-0.2, 0) is 5.88 Å². The molecular formula is C8H4Br2ClN. The fraction of sp³-hybridized carbons (Fsp3) is 0.125. The van der Waals surface area contributed by atoms with Crippen LogP contribution in [0.3, 0.4) is 0 Å². The van der Waals surface area contributed by atoms with E-state index >= 15 is 0 Å². The molecule has 0 heterocycles. The number of halogens is 3. The molecule has 0 fully saturated rings. The minimum atomic E-state index is 0.447. The van der Waals surface area contributed by atoms with Crippen molar-refractivity contribution in [2.24, 2.45) is 0 Å². The largest absolute Gasteiger partial charge is 0.192 e. The van der Waals surface area contributed by atoms with Gasteiger partial charge in [0.2, 0.25) is 0 Å². The molecule has 0 amide bonds. The summed E-state index contributed by atoms with van der Waals surface area (Å²) in [6, 6.07) is 5.77. The summed E-state index contributed by atoms with van der Waals surface area (Å²) in [5, 5.41) is 8.72. The van der Waals surface area contributed by atoms with Crippen molar-refractivity contribution in [3.8, 4) is 6.07 Å². The van der Waals surface area contributed by atoms with E-state index in [1.807, 2.05) is 12.1 Å². The number of benzene rings is 1. The molecule has 0 aliphatic carbocycles. The van der Waals surface area contributed by atoms with Crippen molar-refractivity contribution in [2.45, 2.75) is 5.88 Å². The summed E-state index contributed by atoms with van der Waals surface area (Å²) < 4.78 is 1.55. The van der Waals surface area contributed by atoms with Crippen LogP contribution in [-0.4, -0.2) is 0 Å². The summed E-state index contributed by atoms with van der Waals surface area (Å²) in [4.78, 5) is 0. The molecule has 0 radical (unpaired) electrons. The number of alkyl halides is 1. The topological polar surface area (TPSA) is 23.8 Å². The summed E-state index contributed by atoms with van der Waals surface area (Å²) in [6.07, 6.45) is 0. The third kappa shape index (κ3) is 2.01. The van der Waals surface area contributed by atoms with E-state index in [1.165, 1.54) is 0 Å². The van der Waals surface area contributed by atoms with Gasteiger partial charge in [-0.3, -0.25) is 0 Å². The van der Waals surface area contributed by atoms with Gasteiger partial charge in [-0.2, -0.15) is 5.26 Å². The molecule has 0 aromatic heterocycles. The van der Waals surface area contributed by atoms with Crippen LogP contribution in [0.4, 0.5) is 0 Å². The minimum absolute atomic E-state index is 0.447. The molecule has 0 aliphatic heterocycles. The van der Waals surface area contributed by atoms with E-state index in [0.717, 1.165) is 14.5 Å². The molecule has 62 valence electrons. The highest BCUT2D eigenvalue weighted by atomic mass is 79.9. The van der Waals surface area contributed by atoms with Gasteiger partial charge < -0.3 is 0 Å². The average Bonchev–Trinajstić information content (AvgIpc) is 2.03. The molecule has 0 saturated carbocycles. The zero-order chi connectivity index (χ0) is 9.14. The van der Waals surface area contributed by atoms with Gasteiger partial charge >= 0.3 is 0 Å². The van der Waals surface area contributed by atoms with Crippen molar-refractivity contribution < 1.29 is 0 Å². The van der Waals surface area contributed by atoms with Gasteiger partial charge in [0, 0.05) is 14.8 Å². The molecule has 1 nitrogen and oxygen atoms in total. The molecule has 0 atom stereocenters. The predicted octanol–water partition coefficient (Wildman–Crippen LogP) is 3.82. The monoisotopic (exact) mass is 307 g/mol. The zero-order valence-electron chi connectivity index (χ0n) is 5.94. The van der Waals surface area contributed by atoms with Crippen molar-refractivity contribution in [2.75, 3.05) is 0 Å². The second-order valence-corrected chi connectivity index (χ2v) is 4.16. The highest BCUT2D eigenvalue weighted by Crippen LogP contribution is 2.27. The maximum Gasteiger partial charge on any atom is 0.102 e. The van der Waals surface area contributed by atoms with Crippen LogP contribution >= 0.6 is 43.5 Å². The lowest BCUT2D eigenvalue weighted by molar-refractivity contribution is 1.34. The fourth-order valence-electron chi connectivity index (χ4n) is 0.810. The van der Waals surface area contributed by atoms with E-state index in [-0.39, 0.29) is 0 Å². The van der Waals surface area contributed by atoms with Crippen LogP contribution in [0.25, 0.3) is 0 Å². The van der Waals surface area contributed by atoms with Crippen LogP contribution in [0.15, 0.2) is 21.1 Å². The van der Waals surface area contributed by atoms with Crippen molar-refractivity contribution >= 4 is 43.5 Å². The molecule has 0 saturated heterocycles. The Morgan fingerprint density at radius 1 is 1.33 bits per heavy atom. The smallest absolute Gasteiger partial charge is 0.102 e. The molecule has 12 heavy (non-hydrogen) atoms. The van der Waals surface area contributed by atoms with E-state index in [9.17, 15) is 0 Å². The summed E-state index contributed by atoms with van der Waals surface area (Å²) in [5.41, 5.74) is 1.58. The van der Waals surface area contributed by atoms with Gasteiger partial charge in [-0.25, -0.2) is 0 Å². The number of hydrogen-bond acceptors (Lipinski definition) is 1. The first-order chi connectivity index (χ1) is 5.69. The first kappa shape index (κ1) is 10.0. The van der Waals surface area contributed by atoms with Gasteiger partial charge in [0.15, 0.2) is 0 Å². The van der Waals surface area contributed by atoms with Crippen LogP contribution < -0.4 is 0 Å². The first-order valence-corrected chi connectivity index (χ1v) is 5.25. The Morgan fingerprint density at radius 2 is 1.83 bits per heavy atom. The maximum atomic E-state index is 8.72. The Hall–Kier alpha value is -0.0400. The van der Waals surface area contributed by atoms with Gasteiger partial charge in [-0.15, -0.1) is 11.6 Å². The van der Waals surface area contributed by atoms with E-state index in [2.05, 4.69) is 37.9 Å². The summed E-state index contributed by atoms with van der Waals surface area (Å²) in [6.45, 7) is 0. The highest BCUT2D eigenvalue weighted by molar-refractivity contribution is 9.11. The Kier molecular flexibility index (Phi) is 3.57. The molecular weight excluding hydrogens is 305 g/mol. The Balaban J connectivity index is 3.30. The summed E-state index contributed by atoms with van der Waals surface area (Å²) >= 11 is 12.2. The highest BCUT2D eigenvalue weighted by Gasteiger charge is 2.05. The zero-order valence-corrected chi connectivity index (χ0v) is 9.87. The summed E-state index contributed by atoms with van der Waals surface area (Å²) in [7, 11) is 0. The molecule has 0 bridgehead atoms. The van der Waals surface area contributed by atoms with Crippen molar-refractivity contribution in [1.82, 2.24) is 0 Å². The molecule has 1 aromatic carbocycles. The molecule has 0 unspecified atom stereocenters. The third-order valence-electron chi connectivity index (χ3n) is 1.37. The lowest BCUT2D eigenvalue weighted by Crippen LogP contribution is -1.84. The van der Waals surface area contributed by atoms with Gasteiger partial charge in [0.25, 0.3) is 0 Å². The van der Waals surface area contributed by atoms with E-state index in [4.69, 9.17) is 16.9 Å². The van der Waals surface area contributed by atoms with Crippen molar-refractivity contribution in [1.29, 1.82) is 5.26 Å². The molecule has 1 aromatic rings. The SMILES string of the molecule is N#Cc1c(Br)cc(CCl)cc1Br. The molecule has 0 N–H and O–H groups in total. The summed E-state index contributed by atoms with van der Waals surface area (Å²) in [5.74, 6) is 0.447. The van der Waals surface area contributed by atoms with Crippen LogP contribution in [0.1, 0.15) is 11.1 Å². The Bertz CT molecular complexity index is 320. The normalized spacial score (nSPS) is 9.50. The Morgan fingerprint density at radius 3 is 2.17 bits per heavy atom. The third-order valence-corrected chi connectivity index (χ3v) is 2.93. The van der Waals surface area contributed by atoms with Crippen LogP contribution in [0, 0.1) is 11.3 Å². The minimum Gasteiger partial charge on any atom is -0.192 e. The van der Waals surface area contributed by atoms with Crippen molar-refractivity contribution in [3.63, 3.8) is 0 Å². The lowest BCUT2D eigenvalue weighted by atomic mass is 10.2. The van der Waals surface area contributed by atoms with E-state index in [1.54, 1.807) is 0 Å². The lowest BCUT2D eigenvalue weighted by Gasteiger charge is -2.01. The Labute approximate surface area is 92.6 Å². The van der Waals surface area contributed by atoms with Gasteiger partial charge in [0.1, 0.15) is 6.07 Å². The predicted molar refractivity (Wildman–Crippen MR) is 56.1 cm³/mol. The van der Waals surface area contributed by atoms with Gasteiger partial charge in [-0.05, 0) is 49.6 Å². The first-order valence-electron chi connectivity index (χ1n) is 3.13. The quantitative estimate of drug-likeness (QED) is 0.723.